The predicted molar refractivity (Wildman–Crippen MR) is 35.5 cm³/mol. The fourth-order valence-electron chi connectivity index (χ4n) is 1.02. The molecule has 0 saturated carbocycles. The number of aliphatic hydroxyl groups excluding tert-OH is 1. The van der Waals surface area contributed by atoms with Gasteiger partial charge < -0.3 is 9.84 Å². The van der Waals surface area contributed by atoms with Gasteiger partial charge in [0.25, 0.3) is 0 Å². The maximum Gasteiger partial charge on any atom is 0.155 e. The van der Waals surface area contributed by atoms with Crippen molar-refractivity contribution in [3.63, 3.8) is 0 Å². The molecule has 5 heteroatoms. The highest BCUT2D eigenvalue weighted by molar-refractivity contribution is 7.91. The molecule has 1 saturated heterocycles. The molecule has 2 atom stereocenters. The fourth-order valence-corrected chi connectivity index (χ4v) is 2.75. The third kappa shape index (κ3) is 1.47. The number of aliphatic hydroxyl groups is 1. The Balaban J connectivity index is 2.71. The number of hydrogen-bond donors (Lipinski definition) is 1. The van der Waals surface area contributed by atoms with Crippen molar-refractivity contribution in [2.24, 2.45) is 0 Å². The van der Waals surface area contributed by atoms with Crippen molar-refractivity contribution in [1.82, 2.24) is 0 Å². The largest absolute Gasteiger partial charge is 0.389 e. The average Bonchev–Trinajstić information content (AvgIpc) is 2.05. The van der Waals surface area contributed by atoms with Crippen LogP contribution in [0.15, 0.2) is 0 Å². The zero-order valence-corrected chi connectivity index (χ0v) is 6.47. The van der Waals surface area contributed by atoms with Crippen molar-refractivity contribution >= 4 is 9.84 Å². The van der Waals surface area contributed by atoms with Gasteiger partial charge in [-0.1, -0.05) is 0 Å². The molecule has 10 heavy (non-hydrogen) atoms. The lowest BCUT2D eigenvalue weighted by Crippen LogP contribution is -2.25. The van der Waals surface area contributed by atoms with Crippen LogP contribution in [0.2, 0.25) is 0 Å². The van der Waals surface area contributed by atoms with Crippen molar-refractivity contribution < 1.29 is 18.3 Å². The molecule has 60 valence electrons. The lowest BCUT2D eigenvalue weighted by atomic mass is 10.3. The third-order valence-corrected chi connectivity index (χ3v) is 3.26. The van der Waals surface area contributed by atoms with Crippen molar-refractivity contribution in [2.75, 3.05) is 18.6 Å². The smallest absolute Gasteiger partial charge is 0.155 e. The second-order valence-electron chi connectivity index (χ2n) is 2.42. The van der Waals surface area contributed by atoms with E-state index in [1.807, 2.05) is 0 Å². The van der Waals surface area contributed by atoms with E-state index in [2.05, 4.69) is 0 Å². The van der Waals surface area contributed by atoms with Crippen molar-refractivity contribution in [2.45, 2.75) is 12.2 Å². The zero-order valence-electron chi connectivity index (χ0n) is 5.65. The van der Waals surface area contributed by atoms with Gasteiger partial charge >= 0.3 is 0 Å². The Morgan fingerprint density at radius 3 is 2.30 bits per heavy atom. The van der Waals surface area contributed by atoms with Crippen LogP contribution in [0.3, 0.4) is 0 Å². The lowest BCUT2D eigenvalue weighted by Gasteiger charge is -2.08. The highest BCUT2D eigenvalue weighted by Crippen LogP contribution is 2.14. The molecule has 0 spiro atoms. The molecule has 0 aromatic carbocycles. The van der Waals surface area contributed by atoms with Gasteiger partial charge in [0.05, 0.1) is 23.7 Å². The van der Waals surface area contributed by atoms with E-state index in [0.717, 1.165) is 0 Å². The maximum atomic E-state index is 10.8. The van der Waals surface area contributed by atoms with Crippen LogP contribution in [0.25, 0.3) is 0 Å². The number of rotatable bonds is 1. The number of hydrogen-bond acceptors (Lipinski definition) is 4. The first-order valence-corrected chi connectivity index (χ1v) is 4.78. The van der Waals surface area contributed by atoms with Gasteiger partial charge in [-0.25, -0.2) is 8.42 Å². The van der Waals surface area contributed by atoms with E-state index < -0.39 is 22.0 Å². The highest BCUT2D eigenvalue weighted by Gasteiger charge is 2.36. The minimum Gasteiger partial charge on any atom is -0.389 e. The van der Waals surface area contributed by atoms with E-state index in [1.165, 1.54) is 7.11 Å². The van der Waals surface area contributed by atoms with E-state index >= 15 is 0 Å². The SMILES string of the molecule is COC1CS(=O)(=O)CC1O. The van der Waals surface area contributed by atoms with Crippen LogP contribution in [0.5, 0.6) is 0 Å². The molecule has 2 unspecified atom stereocenters. The predicted octanol–water partition coefficient (Wildman–Crippen LogP) is -1.21. The monoisotopic (exact) mass is 166 g/mol. The summed E-state index contributed by atoms with van der Waals surface area (Å²) in [7, 11) is -1.63. The third-order valence-electron chi connectivity index (χ3n) is 1.57. The van der Waals surface area contributed by atoms with E-state index in [-0.39, 0.29) is 11.5 Å². The maximum absolute atomic E-state index is 10.8. The second-order valence-corrected chi connectivity index (χ2v) is 4.57. The molecule has 1 heterocycles. The van der Waals surface area contributed by atoms with Crippen LogP contribution in [-0.2, 0) is 14.6 Å². The standard InChI is InChI=1S/C5H10O4S/c1-9-5-3-10(7,8)2-4(5)6/h4-6H,2-3H2,1H3. The Bertz CT molecular complexity index is 208. The van der Waals surface area contributed by atoms with E-state index in [0.29, 0.717) is 0 Å². The van der Waals surface area contributed by atoms with Gasteiger partial charge in [0.15, 0.2) is 9.84 Å². The summed E-state index contributed by atoms with van der Waals surface area (Å²) in [5.41, 5.74) is 0. The quantitative estimate of drug-likeness (QED) is 0.531. The molecule has 0 aromatic heterocycles. The van der Waals surface area contributed by atoms with Crippen LogP contribution >= 0.6 is 0 Å². The molecule has 0 aromatic rings. The molecule has 1 rings (SSSR count). The zero-order chi connectivity index (χ0) is 7.78. The van der Waals surface area contributed by atoms with E-state index in [9.17, 15) is 8.42 Å². The van der Waals surface area contributed by atoms with Crippen molar-refractivity contribution in [3.8, 4) is 0 Å². The number of methoxy groups -OCH3 is 1. The van der Waals surface area contributed by atoms with Crippen LogP contribution < -0.4 is 0 Å². The van der Waals surface area contributed by atoms with E-state index in [1.54, 1.807) is 0 Å². The van der Waals surface area contributed by atoms with Gasteiger partial charge in [-0.05, 0) is 0 Å². The molecule has 0 radical (unpaired) electrons. The molecule has 1 N–H and O–H groups in total. The Kier molecular flexibility index (Phi) is 1.98. The second kappa shape index (κ2) is 2.48. The lowest BCUT2D eigenvalue weighted by molar-refractivity contribution is 0.0218. The summed E-state index contributed by atoms with van der Waals surface area (Å²) < 4.78 is 26.3. The molecule has 1 aliphatic heterocycles. The highest BCUT2D eigenvalue weighted by atomic mass is 32.2. The van der Waals surface area contributed by atoms with Gasteiger partial charge in [0.2, 0.25) is 0 Å². The van der Waals surface area contributed by atoms with Gasteiger partial charge in [-0.3, -0.25) is 0 Å². The van der Waals surface area contributed by atoms with Gasteiger partial charge in [0, 0.05) is 7.11 Å². The Morgan fingerprint density at radius 1 is 1.50 bits per heavy atom. The van der Waals surface area contributed by atoms with Crippen LogP contribution in [0.4, 0.5) is 0 Å². The topological polar surface area (TPSA) is 63.6 Å². The summed E-state index contributed by atoms with van der Waals surface area (Å²) in [5.74, 6) is -0.212. The normalized spacial score (nSPS) is 38.2. The number of ether oxygens (including phenoxy) is 1. The Morgan fingerprint density at radius 2 is 2.10 bits per heavy atom. The first-order chi connectivity index (χ1) is 4.55. The molecular weight excluding hydrogens is 156 g/mol. The Hall–Kier alpha value is -0.130. The fraction of sp³-hybridized carbons (Fsp3) is 1.00. The summed E-state index contributed by atoms with van der Waals surface area (Å²) in [6, 6.07) is 0. The van der Waals surface area contributed by atoms with Gasteiger partial charge in [-0.15, -0.1) is 0 Å². The van der Waals surface area contributed by atoms with Crippen molar-refractivity contribution in [1.29, 1.82) is 0 Å². The minimum absolute atomic E-state index is 0.0509. The first kappa shape index (κ1) is 7.97. The minimum atomic E-state index is -3.03. The van der Waals surface area contributed by atoms with Crippen LogP contribution in [0, 0.1) is 0 Å². The molecule has 4 nitrogen and oxygen atoms in total. The molecule has 1 aliphatic rings. The summed E-state index contributed by atoms with van der Waals surface area (Å²) in [6.45, 7) is 0. The summed E-state index contributed by atoms with van der Waals surface area (Å²) in [5, 5.41) is 9.02. The number of sulfone groups is 1. The van der Waals surface area contributed by atoms with Crippen LogP contribution in [-0.4, -0.2) is 44.3 Å². The summed E-state index contributed by atoms with van der Waals surface area (Å²) in [6.07, 6.45) is -1.36. The first-order valence-electron chi connectivity index (χ1n) is 2.96. The molecule has 0 amide bonds. The van der Waals surface area contributed by atoms with Gasteiger partial charge in [-0.2, -0.15) is 0 Å². The van der Waals surface area contributed by atoms with Crippen molar-refractivity contribution in [3.05, 3.63) is 0 Å². The van der Waals surface area contributed by atoms with Crippen LogP contribution in [0.1, 0.15) is 0 Å². The average molecular weight is 166 g/mol. The van der Waals surface area contributed by atoms with Gasteiger partial charge in [0.1, 0.15) is 0 Å². The molecular formula is C5H10O4S. The molecule has 0 bridgehead atoms. The Labute approximate surface area is 59.7 Å². The molecule has 1 fully saturated rings. The summed E-state index contributed by atoms with van der Waals surface area (Å²) in [4.78, 5) is 0. The summed E-state index contributed by atoms with van der Waals surface area (Å²) >= 11 is 0. The molecule has 0 aliphatic carbocycles. The van der Waals surface area contributed by atoms with E-state index in [4.69, 9.17) is 9.84 Å².